The van der Waals surface area contributed by atoms with Crippen LogP contribution in [0.2, 0.25) is 0 Å². The highest BCUT2D eigenvalue weighted by molar-refractivity contribution is 7.97. The molecular weight excluding hydrogens is 390 g/mol. The number of nitrogens with one attached hydrogen (secondary N) is 1. The summed E-state index contributed by atoms with van der Waals surface area (Å²) in [4.78, 5) is 21.0. The first-order valence-corrected chi connectivity index (χ1v) is 10.6. The molecule has 3 heterocycles. The lowest BCUT2D eigenvalue weighted by Crippen LogP contribution is -2.30. The van der Waals surface area contributed by atoms with Crippen LogP contribution in [0, 0.1) is 13.8 Å². The summed E-state index contributed by atoms with van der Waals surface area (Å²) < 4.78 is 9.63. The fraction of sp³-hybridized carbons (Fsp3) is 0.450. The van der Waals surface area contributed by atoms with Crippen molar-refractivity contribution in [1.29, 1.82) is 0 Å². The number of nitrogens with zero attached hydrogens (tertiary/aromatic N) is 4. The third-order valence-electron chi connectivity index (χ3n) is 5.00. The normalized spacial score (nSPS) is 15.9. The number of piperidine rings is 1. The van der Waals surface area contributed by atoms with Gasteiger partial charge in [0.25, 0.3) is 5.56 Å². The molecular formula is C20H25N5O3S. The molecule has 1 saturated heterocycles. The van der Waals surface area contributed by atoms with Gasteiger partial charge in [-0.1, -0.05) is 0 Å². The summed E-state index contributed by atoms with van der Waals surface area (Å²) in [7, 11) is 0. The van der Waals surface area contributed by atoms with Crippen LogP contribution in [-0.4, -0.2) is 54.8 Å². The highest BCUT2D eigenvalue weighted by Crippen LogP contribution is 2.34. The van der Waals surface area contributed by atoms with E-state index in [-0.39, 0.29) is 11.7 Å². The standard InChI is InChI=1S/C20H25N5O3S/c1-4-28-17-6-5-15(29-24-9-7-14(26)8-10-24)11-16(17)19-22-20(27)18-12(2)21-13(3)25(18)23-19/h5-6,11,14,26H,4,7-10H2,1-3H3,(H,22,23,27). The molecule has 1 aliphatic heterocycles. The van der Waals surface area contributed by atoms with Gasteiger partial charge in [-0.25, -0.2) is 13.8 Å². The molecule has 3 aromatic rings. The van der Waals surface area contributed by atoms with Gasteiger partial charge in [0.2, 0.25) is 0 Å². The van der Waals surface area contributed by atoms with Crippen molar-refractivity contribution in [3.8, 4) is 17.1 Å². The van der Waals surface area contributed by atoms with Crippen LogP contribution in [0.1, 0.15) is 31.3 Å². The highest BCUT2D eigenvalue weighted by Gasteiger charge is 2.20. The van der Waals surface area contributed by atoms with E-state index in [1.54, 1.807) is 23.4 Å². The number of hydrogen-bond acceptors (Lipinski definition) is 7. The number of fused-ring (bicyclic) bond motifs is 1. The minimum absolute atomic E-state index is 0.203. The molecule has 1 fully saturated rings. The molecule has 2 aromatic heterocycles. The topological polar surface area (TPSA) is 95.8 Å². The number of hydrogen-bond donors (Lipinski definition) is 2. The molecule has 2 N–H and O–H groups in total. The molecule has 0 radical (unpaired) electrons. The average molecular weight is 416 g/mol. The predicted molar refractivity (Wildman–Crippen MR) is 112 cm³/mol. The van der Waals surface area contributed by atoms with E-state index in [1.165, 1.54) is 0 Å². The Hall–Kier alpha value is -2.36. The van der Waals surface area contributed by atoms with Gasteiger partial charge in [-0.2, -0.15) is 0 Å². The van der Waals surface area contributed by atoms with Gasteiger partial charge in [0.1, 0.15) is 11.6 Å². The number of aliphatic hydroxyl groups excluding tert-OH is 1. The Morgan fingerprint density at radius 1 is 1.31 bits per heavy atom. The zero-order valence-corrected chi connectivity index (χ0v) is 17.6. The first kappa shape index (κ1) is 19.9. The van der Waals surface area contributed by atoms with Crippen LogP contribution in [0.5, 0.6) is 5.75 Å². The van der Waals surface area contributed by atoms with Crippen molar-refractivity contribution in [2.45, 2.75) is 44.6 Å². The molecule has 29 heavy (non-hydrogen) atoms. The Morgan fingerprint density at radius 2 is 2.07 bits per heavy atom. The SMILES string of the molecule is CCOc1ccc(SN2CCC(O)CC2)cc1-c1nn2c(C)nc(C)c2c(=O)[nH]1. The Balaban J connectivity index is 1.74. The highest BCUT2D eigenvalue weighted by atomic mass is 32.2. The van der Waals surface area contributed by atoms with Gasteiger partial charge in [0.15, 0.2) is 11.3 Å². The molecule has 0 aliphatic carbocycles. The minimum atomic E-state index is -0.223. The molecule has 0 saturated carbocycles. The van der Waals surface area contributed by atoms with E-state index in [9.17, 15) is 9.90 Å². The second-order valence-corrected chi connectivity index (χ2v) is 8.32. The number of aryl methyl sites for hydroxylation is 2. The van der Waals surface area contributed by atoms with Gasteiger partial charge in [-0.15, -0.1) is 5.10 Å². The largest absolute Gasteiger partial charge is 0.493 e. The first-order chi connectivity index (χ1) is 14.0. The third kappa shape index (κ3) is 4.03. The predicted octanol–water partition coefficient (Wildman–Crippen LogP) is 2.56. The molecule has 154 valence electrons. The summed E-state index contributed by atoms with van der Waals surface area (Å²) >= 11 is 1.65. The number of imidazole rings is 1. The van der Waals surface area contributed by atoms with Gasteiger partial charge in [0.05, 0.1) is 24.0 Å². The van der Waals surface area contributed by atoms with Crippen LogP contribution < -0.4 is 10.3 Å². The maximum Gasteiger partial charge on any atom is 0.277 e. The molecule has 1 aliphatic rings. The second kappa shape index (κ2) is 8.17. The van der Waals surface area contributed by atoms with Crippen molar-refractivity contribution >= 4 is 17.5 Å². The van der Waals surface area contributed by atoms with Crippen LogP contribution in [0.4, 0.5) is 0 Å². The van der Waals surface area contributed by atoms with E-state index < -0.39 is 0 Å². The fourth-order valence-corrected chi connectivity index (χ4v) is 4.56. The summed E-state index contributed by atoms with van der Waals surface area (Å²) in [5.74, 6) is 1.78. The van der Waals surface area contributed by atoms with Crippen LogP contribution in [0.25, 0.3) is 16.9 Å². The van der Waals surface area contributed by atoms with E-state index in [1.807, 2.05) is 32.0 Å². The van der Waals surface area contributed by atoms with Crippen molar-refractivity contribution in [3.63, 3.8) is 0 Å². The number of benzene rings is 1. The molecule has 0 unspecified atom stereocenters. The lowest BCUT2D eigenvalue weighted by molar-refractivity contribution is 0.116. The molecule has 9 heteroatoms. The Kier molecular flexibility index (Phi) is 5.62. The van der Waals surface area contributed by atoms with E-state index in [0.717, 1.165) is 36.4 Å². The summed E-state index contributed by atoms with van der Waals surface area (Å²) in [6.07, 6.45) is 1.36. The van der Waals surface area contributed by atoms with Crippen LogP contribution in [0.15, 0.2) is 27.9 Å². The van der Waals surface area contributed by atoms with E-state index in [2.05, 4.69) is 19.4 Å². The molecule has 4 rings (SSSR count). The zero-order valence-electron chi connectivity index (χ0n) is 16.8. The fourth-order valence-electron chi connectivity index (χ4n) is 3.57. The zero-order chi connectivity index (χ0) is 20.5. The van der Waals surface area contributed by atoms with Crippen molar-refractivity contribution < 1.29 is 9.84 Å². The lowest BCUT2D eigenvalue weighted by Gasteiger charge is -2.28. The summed E-state index contributed by atoms with van der Waals surface area (Å²) in [6, 6.07) is 5.91. The van der Waals surface area contributed by atoms with Crippen LogP contribution >= 0.6 is 11.9 Å². The van der Waals surface area contributed by atoms with Gasteiger partial charge in [-0.3, -0.25) is 4.79 Å². The Morgan fingerprint density at radius 3 is 2.79 bits per heavy atom. The first-order valence-electron chi connectivity index (χ1n) is 9.80. The summed E-state index contributed by atoms with van der Waals surface area (Å²) in [5.41, 5.74) is 1.63. The van der Waals surface area contributed by atoms with Gasteiger partial charge >= 0.3 is 0 Å². The van der Waals surface area contributed by atoms with Crippen LogP contribution in [-0.2, 0) is 0 Å². The molecule has 0 atom stereocenters. The number of ether oxygens (including phenoxy) is 1. The van der Waals surface area contributed by atoms with Crippen molar-refractivity contribution in [1.82, 2.24) is 23.9 Å². The second-order valence-electron chi connectivity index (χ2n) is 7.15. The van der Waals surface area contributed by atoms with E-state index in [0.29, 0.717) is 35.2 Å². The quantitative estimate of drug-likeness (QED) is 0.618. The number of rotatable bonds is 5. The van der Waals surface area contributed by atoms with Crippen molar-refractivity contribution in [3.05, 3.63) is 40.1 Å². The van der Waals surface area contributed by atoms with E-state index >= 15 is 0 Å². The number of aromatic amines is 1. The average Bonchev–Trinajstić information content (AvgIpc) is 2.99. The van der Waals surface area contributed by atoms with Gasteiger partial charge in [0, 0.05) is 18.0 Å². The Labute approximate surface area is 173 Å². The number of aliphatic hydroxyl groups is 1. The minimum Gasteiger partial charge on any atom is -0.493 e. The van der Waals surface area contributed by atoms with Crippen molar-refractivity contribution in [2.24, 2.45) is 0 Å². The number of H-pyrrole nitrogens is 1. The van der Waals surface area contributed by atoms with Crippen LogP contribution in [0.3, 0.4) is 0 Å². The monoisotopic (exact) mass is 415 g/mol. The van der Waals surface area contributed by atoms with E-state index in [4.69, 9.17) is 4.74 Å². The smallest absolute Gasteiger partial charge is 0.277 e. The summed E-state index contributed by atoms with van der Waals surface area (Å²) in [6.45, 7) is 7.74. The van der Waals surface area contributed by atoms with Gasteiger partial charge in [-0.05, 0) is 63.8 Å². The maximum absolute atomic E-state index is 12.7. The number of aromatic nitrogens is 4. The third-order valence-corrected chi connectivity index (χ3v) is 6.09. The molecule has 0 bridgehead atoms. The molecule has 0 amide bonds. The summed E-state index contributed by atoms with van der Waals surface area (Å²) in [5, 5.41) is 14.3. The maximum atomic E-state index is 12.7. The lowest BCUT2D eigenvalue weighted by atomic mass is 10.1. The van der Waals surface area contributed by atoms with Gasteiger partial charge < -0.3 is 14.8 Å². The van der Waals surface area contributed by atoms with Crippen molar-refractivity contribution in [2.75, 3.05) is 19.7 Å². The molecule has 0 spiro atoms. The Bertz CT molecular complexity index is 1090. The molecule has 8 nitrogen and oxygen atoms in total. The molecule has 1 aromatic carbocycles.